The zero-order valence-electron chi connectivity index (χ0n) is 19.7. The summed E-state index contributed by atoms with van der Waals surface area (Å²) in [5.74, 6) is 1.40. The third-order valence-corrected chi connectivity index (χ3v) is 6.22. The van der Waals surface area contributed by atoms with Gasteiger partial charge in [-0.05, 0) is 53.8 Å². The molecule has 0 radical (unpaired) electrons. The SMILES string of the molecule is COc1cccc(Nc2ncccc2C(=O)N2CCOC[C@H](Cc3ccc4ccncc4c3)C2)c1. The van der Waals surface area contributed by atoms with Gasteiger partial charge in [-0.15, -0.1) is 0 Å². The van der Waals surface area contributed by atoms with Crippen molar-refractivity contribution >= 4 is 28.2 Å². The van der Waals surface area contributed by atoms with E-state index in [9.17, 15) is 4.79 Å². The number of hydrogen-bond donors (Lipinski definition) is 1. The van der Waals surface area contributed by atoms with Crippen LogP contribution in [0.15, 0.2) is 79.3 Å². The van der Waals surface area contributed by atoms with E-state index in [1.807, 2.05) is 47.5 Å². The Morgan fingerprint density at radius 3 is 2.97 bits per heavy atom. The Balaban J connectivity index is 1.33. The number of carbonyl (C=O) groups excluding carboxylic acids is 1. The van der Waals surface area contributed by atoms with Crippen molar-refractivity contribution in [2.24, 2.45) is 5.92 Å². The number of carbonyl (C=O) groups is 1. The first-order valence-corrected chi connectivity index (χ1v) is 11.8. The van der Waals surface area contributed by atoms with Gasteiger partial charge in [0, 0.05) is 54.7 Å². The van der Waals surface area contributed by atoms with Crippen molar-refractivity contribution in [3.05, 3.63) is 90.4 Å². The van der Waals surface area contributed by atoms with Crippen molar-refractivity contribution in [3.8, 4) is 5.75 Å². The molecule has 2 aromatic heterocycles. The van der Waals surface area contributed by atoms with Crippen LogP contribution in [0.2, 0.25) is 0 Å². The minimum atomic E-state index is -0.0540. The predicted molar refractivity (Wildman–Crippen MR) is 136 cm³/mol. The summed E-state index contributed by atoms with van der Waals surface area (Å²) < 4.78 is 11.2. The van der Waals surface area contributed by atoms with E-state index in [2.05, 4.69) is 33.5 Å². The number of ether oxygens (including phenoxy) is 2. The average molecular weight is 469 g/mol. The lowest BCUT2D eigenvalue weighted by Crippen LogP contribution is -2.36. The van der Waals surface area contributed by atoms with Crippen LogP contribution >= 0.6 is 0 Å². The minimum absolute atomic E-state index is 0.0540. The maximum atomic E-state index is 13.6. The van der Waals surface area contributed by atoms with Gasteiger partial charge < -0.3 is 19.7 Å². The van der Waals surface area contributed by atoms with E-state index in [4.69, 9.17) is 9.47 Å². The number of hydrogen-bond acceptors (Lipinski definition) is 6. The smallest absolute Gasteiger partial charge is 0.257 e. The summed E-state index contributed by atoms with van der Waals surface area (Å²) in [6.45, 7) is 2.31. The van der Waals surface area contributed by atoms with Crippen LogP contribution in [0.25, 0.3) is 10.8 Å². The van der Waals surface area contributed by atoms with Gasteiger partial charge in [-0.3, -0.25) is 9.78 Å². The molecule has 1 aliphatic heterocycles. The highest BCUT2D eigenvalue weighted by molar-refractivity contribution is 5.99. The molecule has 1 N–H and O–H groups in total. The molecule has 0 bridgehead atoms. The molecule has 7 nitrogen and oxygen atoms in total. The van der Waals surface area contributed by atoms with Gasteiger partial charge in [0.1, 0.15) is 11.6 Å². The monoisotopic (exact) mass is 468 g/mol. The first-order chi connectivity index (χ1) is 17.2. The summed E-state index contributed by atoms with van der Waals surface area (Å²) in [6.07, 6.45) is 6.21. The van der Waals surface area contributed by atoms with Crippen LogP contribution in [0.3, 0.4) is 0 Å². The Bertz CT molecular complexity index is 1330. The van der Waals surface area contributed by atoms with E-state index < -0.39 is 0 Å². The van der Waals surface area contributed by atoms with E-state index in [0.29, 0.717) is 37.7 Å². The number of pyridine rings is 2. The van der Waals surface area contributed by atoms with Crippen molar-refractivity contribution in [2.45, 2.75) is 6.42 Å². The van der Waals surface area contributed by atoms with Gasteiger partial charge in [-0.2, -0.15) is 0 Å². The average Bonchev–Trinajstić information content (AvgIpc) is 3.14. The van der Waals surface area contributed by atoms with Gasteiger partial charge in [0.05, 0.1) is 25.9 Å². The summed E-state index contributed by atoms with van der Waals surface area (Å²) in [4.78, 5) is 24.2. The molecular formula is C28H28N4O3. The summed E-state index contributed by atoms with van der Waals surface area (Å²) in [5, 5.41) is 5.57. The molecule has 178 valence electrons. The number of anilines is 2. The molecule has 0 saturated carbocycles. The number of aromatic nitrogens is 2. The topological polar surface area (TPSA) is 76.6 Å². The molecule has 0 spiro atoms. The predicted octanol–water partition coefficient (Wildman–Crippen LogP) is 4.71. The number of methoxy groups -OCH3 is 1. The Morgan fingerprint density at radius 1 is 1.11 bits per heavy atom. The molecule has 5 rings (SSSR count). The summed E-state index contributed by atoms with van der Waals surface area (Å²) in [6, 6.07) is 19.6. The van der Waals surface area contributed by atoms with Gasteiger partial charge in [-0.1, -0.05) is 18.2 Å². The number of benzene rings is 2. The lowest BCUT2D eigenvalue weighted by molar-refractivity contribution is 0.0738. The Labute approximate surface area is 204 Å². The molecule has 3 heterocycles. The van der Waals surface area contributed by atoms with Crippen LogP contribution in [-0.2, 0) is 11.2 Å². The third-order valence-electron chi connectivity index (χ3n) is 6.22. The number of nitrogens with one attached hydrogen (secondary N) is 1. The van der Waals surface area contributed by atoms with Crippen LogP contribution in [0, 0.1) is 5.92 Å². The summed E-state index contributed by atoms with van der Waals surface area (Å²) in [5.41, 5.74) is 2.56. The zero-order valence-corrected chi connectivity index (χ0v) is 19.7. The van der Waals surface area contributed by atoms with E-state index in [-0.39, 0.29) is 11.8 Å². The van der Waals surface area contributed by atoms with Gasteiger partial charge >= 0.3 is 0 Å². The Hall–Kier alpha value is -3.97. The molecule has 4 aromatic rings. The van der Waals surface area contributed by atoms with Gasteiger partial charge in [0.15, 0.2) is 0 Å². The van der Waals surface area contributed by atoms with Crippen molar-refractivity contribution in [2.75, 3.05) is 38.7 Å². The second-order valence-corrected chi connectivity index (χ2v) is 8.71. The highest BCUT2D eigenvalue weighted by atomic mass is 16.5. The number of amides is 1. The molecule has 2 aromatic carbocycles. The molecule has 7 heteroatoms. The molecule has 1 fully saturated rings. The highest BCUT2D eigenvalue weighted by Gasteiger charge is 2.25. The van der Waals surface area contributed by atoms with Crippen LogP contribution in [0.5, 0.6) is 5.75 Å². The van der Waals surface area contributed by atoms with Crippen LogP contribution in [0.4, 0.5) is 11.5 Å². The van der Waals surface area contributed by atoms with E-state index >= 15 is 0 Å². The first kappa shape index (κ1) is 22.8. The fraction of sp³-hybridized carbons (Fsp3) is 0.250. The number of rotatable bonds is 6. The minimum Gasteiger partial charge on any atom is -0.497 e. The lowest BCUT2D eigenvalue weighted by Gasteiger charge is -2.24. The summed E-state index contributed by atoms with van der Waals surface area (Å²) in [7, 11) is 1.63. The van der Waals surface area contributed by atoms with E-state index in [0.717, 1.165) is 23.2 Å². The largest absolute Gasteiger partial charge is 0.497 e. The van der Waals surface area contributed by atoms with E-state index in [1.54, 1.807) is 25.6 Å². The summed E-state index contributed by atoms with van der Waals surface area (Å²) >= 11 is 0. The molecule has 1 amide bonds. The van der Waals surface area contributed by atoms with Crippen LogP contribution in [0.1, 0.15) is 15.9 Å². The van der Waals surface area contributed by atoms with Crippen LogP contribution < -0.4 is 10.1 Å². The molecular weight excluding hydrogens is 440 g/mol. The van der Waals surface area contributed by atoms with Gasteiger partial charge in [0.2, 0.25) is 0 Å². The Morgan fingerprint density at radius 2 is 2.06 bits per heavy atom. The standard InChI is InChI=1S/C28H28N4O3/c1-34-25-5-2-4-24(16-25)31-27-26(6-3-10-30-27)28(33)32-12-13-35-19-21(18-32)14-20-7-8-22-9-11-29-17-23(22)15-20/h2-11,15-17,21H,12-14,18-19H2,1H3,(H,30,31)/t21-/m1/s1. The fourth-order valence-electron chi connectivity index (χ4n) is 4.47. The maximum absolute atomic E-state index is 13.6. The van der Waals surface area contributed by atoms with Gasteiger partial charge in [-0.25, -0.2) is 4.98 Å². The second-order valence-electron chi connectivity index (χ2n) is 8.71. The zero-order chi connectivity index (χ0) is 24.0. The number of nitrogens with zero attached hydrogens (tertiary/aromatic N) is 3. The quantitative estimate of drug-likeness (QED) is 0.442. The lowest BCUT2D eigenvalue weighted by atomic mass is 9.97. The van der Waals surface area contributed by atoms with Crippen molar-refractivity contribution in [1.29, 1.82) is 0 Å². The molecule has 0 aliphatic carbocycles. The van der Waals surface area contributed by atoms with Crippen molar-refractivity contribution < 1.29 is 14.3 Å². The normalized spacial score (nSPS) is 16.0. The molecule has 0 unspecified atom stereocenters. The molecule has 35 heavy (non-hydrogen) atoms. The highest BCUT2D eigenvalue weighted by Crippen LogP contribution is 2.25. The third kappa shape index (κ3) is 5.41. The van der Waals surface area contributed by atoms with Crippen molar-refractivity contribution in [3.63, 3.8) is 0 Å². The first-order valence-electron chi connectivity index (χ1n) is 11.8. The fourth-order valence-corrected chi connectivity index (χ4v) is 4.47. The molecule has 1 saturated heterocycles. The van der Waals surface area contributed by atoms with Gasteiger partial charge in [0.25, 0.3) is 5.91 Å². The second kappa shape index (κ2) is 10.5. The van der Waals surface area contributed by atoms with Crippen LogP contribution in [-0.4, -0.2) is 54.2 Å². The maximum Gasteiger partial charge on any atom is 0.257 e. The molecule has 1 aliphatic rings. The molecule has 1 atom stereocenters. The van der Waals surface area contributed by atoms with E-state index in [1.165, 1.54) is 10.9 Å². The van der Waals surface area contributed by atoms with Crippen molar-refractivity contribution in [1.82, 2.24) is 14.9 Å². The Kier molecular flexibility index (Phi) is 6.86. The number of fused-ring (bicyclic) bond motifs is 1.